The number of hydrogen-bond acceptors (Lipinski definition) is 3. The van der Waals surface area contributed by atoms with Crippen molar-refractivity contribution in [1.29, 1.82) is 0 Å². The maximum absolute atomic E-state index is 13.7. The van der Waals surface area contributed by atoms with Crippen LogP contribution in [0.25, 0.3) is 0 Å². The molecule has 2 rings (SSSR count). The molecule has 5 heteroatoms. The highest BCUT2D eigenvalue weighted by Crippen LogP contribution is 2.22. The normalized spacial score (nSPS) is 20.2. The maximum Gasteiger partial charge on any atom is 0.307 e. The van der Waals surface area contributed by atoms with Crippen LogP contribution in [0.15, 0.2) is 18.2 Å². The van der Waals surface area contributed by atoms with Crippen LogP contribution in [0, 0.1) is 11.7 Å². The number of carbonyl (C=O) groups is 1. The number of aliphatic carboxylic acids is 1. The van der Waals surface area contributed by atoms with Crippen LogP contribution in [0.3, 0.4) is 0 Å². The molecule has 4 nitrogen and oxygen atoms in total. The molecule has 0 amide bonds. The van der Waals surface area contributed by atoms with Crippen LogP contribution < -0.4 is 4.74 Å². The van der Waals surface area contributed by atoms with Gasteiger partial charge in [0.15, 0.2) is 0 Å². The number of benzene rings is 1. The minimum absolute atomic E-state index is 0.279. The Bertz CT molecular complexity index is 464. The van der Waals surface area contributed by atoms with Crippen molar-refractivity contribution in [3.63, 3.8) is 0 Å². The Morgan fingerprint density at radius 3 is 3.05 bits per heavy atom. The van der Waals surface area contributed by atoms with Gasteiger partial charge in [-0.05, 0) is 37.6 Å². The summed E-state index contributed by atoms with van der Waals surface area (Å²) in [7, 11) is 1.54. The van der Waals surface area contributed by atoms with E-state index in [0.717, 1.165) is 13.0 Å². The molecule has 0 aliphatic carbocycles. The van der Waals surface area contributed by atoms with Crippen LogP contribution >= 0.6 is 0 Å². The molecule has 0 unspecified atom stereocenters. The van der Waals surface area contributed by atoms with Crippen molar-refractivity contribution in [2.24, 2.45) is 5.92 Å². The molecule has 0 saturated carbocycles. The van der Waals surface area contributed by atoms with Crippen LogP contribution in [-0.2, 0) is 11.3 Å². The largest absolute Gasteiger partial charge is 0.497 e. The highest BCUT2D eigenvalue weighted by Gasteiger charge is 2.25. The van der Waals surface area contributed by atoms with Crippen molar-refractivity contribution in [1.82, 2.24) is 4.90 Å². The molecule has 0 radical (unpaired) electrons. The number of ether oxygens (including phenoxy) is 1. The first-order chi connectivity index (χ1) is 9.10. The first kappa shape index (κ1) is 13.8. The number of carboxylic acid groups (broad SMARTS) is 1. The predicted molar refractivity (Wildman–Crippen MR) is 68.6 cm³/mol. The molecule has 1 fully saturated rings. The molecule has 1 N–H and O–H groups in total. The summed E-state index contributed by atoms with van der Waals surface area (Å²) in [6, 6.07) is 4.63. The number of methoxy groups -OCH3 is 1. The summed E-state index contributed by atoms with van der Waals surface area (Å²) in [4.78, 5) is 13.0. The lowest BCUT2D eigenvalue weighted by molar-refractivity contribution is -0.143. The van der Waals surface area contributed by atoms with Gasteiger partial charge in [0.1, 0.15) is 11.6 Å². The molecule has 1 aliphatic rings. The molecular formula is C14H18FNO3. The van der Waals surface area contributed by atoms with E-state index in [-0.39, 0.29) is 11.7 Å². The third-order valence-corrected chi connectivity index (χ3v) is 3.50. The van der Waals surface area contributed by atoms with Gasteiger partial charge in [-0.15, -0.1) is 0 Å². The molecule has 1 aromatic carbocycles. The monoisotopic (exact) mass is 267 g/mol. The quantitative estimate of drug-likeness (QED) is 0.908. The summed E-state index contributed by atoms with van der Waals surface area (Å²) in [5, 5.41) is 9.04. The highest BCUT2D eigenvalue weighted by molar-refractivity contribution is 5.70. The highest BCUT2D eigenvalue weighted by atomic mass is 19.1. The van der Waals surface area contributed by atoms with Crippen LogP contribution in [0.5, 0.6) is 5.75 Å². The second kappa shape index (κ2) is 6.02. The summed E-state index contributed by atoms with van der Waals surface area (Å²) in [5.41, 5.74) is 0.547. The van der Waals surface area contributed by atoms with E-state index in [9.17, 15) is 9.18 Å². The number of piperidine rings is 1. The maximum atomic E-state index is 13.7. The summed E-state index contributed by atoms with van der Waals surface area (Å²) in [6.45, 7) is 1.71. The van der Waals surface area contributed by atoms with Crippen molar-refractivity contribution in [2.75, 3.05) is 20.2 Å². The molecule has 0 bridgehead atoms. The van der Waals surface area contributed by atoms with E-state index in [1.54, 1.807) is 19.2 Å². The molecule has 0 aromatic heterocycles. The van der Waals surface area contributed by atoms with Gasteiger partial charge >= 0.3 is 5.97 Å². The van der Waals surface area contributed by atoms with Crippen molar-refractivity contribution in [3.05, 3.63) is 29.6 Å². The second-order valence-corrected chi connectivity index (χ2v) is 4.87. The lowest BCUT2D eigenvalue weighted by Crippen LogP contribution is -2.38. The lowest BCUT2D eigenvalue weighted by atomic mass is 9.98. The van der Waals surface area contributed by atoms with Crippen molar-refractivity contribution >= 4 is 5.97 Å². The van der Waals surface area contributed by atoms with E-state index in [1.165, 1.54) is 6.07 Å². The fraction of sp³-hybridized carbons (Fsp3) is 0.500. The van der Waals surface area contributed by atoms with E-state index in [0.29, 0.717) is 30.8 Å². The van der Waals surface area contributed by atoms with Crippen LogP contribution in [0.1, 0.15) is 18.4 Å². The number of nitrogens with zero attached hydrogens (tertiary/aromatic N) is 1. The molecular weight excluding hydrogens is 249 g/mol. The van der Waals surface area contributed by atoms with Gasteiger partial charge in [-0.25, -0.2) is 4.39 Å². The Morgan fingerprint density at radius 2 is 2.37 bits per heavy atom. The van der Waals surface area contributed by atoms with Crippen LogP contribution in [0.2, 0.25) is 0 Å². The Balaban J connectivity index is 2.06. The topological polar surface area (TPSA) is 49.8 Å². The Labute approximate surface area is 111 Å². The Morgan fingerprint density at radius 1 is 1.58 bits per heavy atom. The zero-order valence-corrected chi connectivity index (χ0v) is 10.9. The van der Waals surface area contributed by atoms with Gasteiger partial charge in [0.05, 0.1) is 13.0 Å². The summed E-state index contributed by atoms with van der Waals surface area (Å²) in [6.07, 6.45) is 1.54. The van der Waals surface area contributed by atoms with Crippen molar-refractivity contribution in [2.45, 2.75) is 19.4 Å². The third kappa shape index (κ3) is 3.44. The number of carboxylic acids is 1. The third-order valence-electron chi connectivity index (χ3n) is 3.50. The smallest absolute Gasteiger partial charge is 0.307 e. The van der Waals surface area contributed by atoms with E-state index in [2.05, 4.69) is 0 Å². The van der Waals surface area contributed by atoms with Crippen molar-refractivity contribution in [3.8, 4) is 5.75 Å². The Hall–Kier alpha value is -1.62. The van der Waals surface area contributed by atoms with Crippen LogP contribution in [0.4, 0.5) is 4.39 Å². The predicted octanol–water partition coefficient (Wildman–Crippen LogP) is 2.13. The number of halogens is 1. The van der Waals surface area contributed by atoms with Gasteiger partial charge in [0.25, 0.3) is 0 Å². The first-order valence-corrected chi connectivity index (χ1v) is 6.37. The van der Waals surface area contributed by atoms with Gasteiger partial charge < -0.3 is 9.84 Å². The van der Waals surface area contributed by atoms with Gasteiger partial charge in [-0.2, -0.15) is 0 Å². The molecule has 0 spiro atoms. The number of likely N-dealkylation sites (tertiary alicyclic amines) is 1. The average molecular weight is 267 g/mol. The summed E-state index contributed by atoms with van der Waals surface area (Å²) in [5.74, 6) is -0.778. The van der Waals surface area contributed by atoms with Gasteiger partial charge in [0, 0.05) is 18.7 Å². The molecule has 1 aliphatic heterocycles. The van der Waals surface area contributed by atoms with Gasteiger partial charge in [0.2, 0.25) is 0 Å². The fourth-order valence-corrected chi connectivity index (χ4v) is 2.44. The molecule has 19 heavy (non-hydrogen) atoms. The van der Waals surface area contributed by atoms with E-state index in [4.69, 9.17) is 9.84 Å². The zero-order chi connectivity index (χ0) is 13.8. The number of hydrogen-bond donors (Lipinski definition) is 1. The van der Waals surface area contributed by atoms with Gasteiger partial charge in [-0.3, -0.25) is 9.69 Å². The molecule has 1 heterocycles. The Kier molecular flexibility index (Phi) is 4.37. The summed E-state index contributed by atoms with van der Waals surface area (Å²) >= 11 is 0. The standard InChI is InChI=1S/C14H18FNO3/c1-19-12-4-5-13(15)11(7-12)9-16-6-2-3-10(8-16)14(17)18/h4-5,7,10H,2-3,6,8-9H2,1H3,(H,17,18)/t10-/m1/s1. The number of rotatable bonds is 4. The van der Waals surface area contributed by atoms with E-state index in [1.807, 2.05) is 4.90 Å². The second-order valence-electron chi connectivity index (χ2n) is 4.87. The minimum atomic E-state index is -0.768. The van der Waals surface area contributed by atoms with Crippen molar-refractivity contribution < 1.29 is 19.0 Å². The fourth-order valence-electron chi connectivity index (χ4n) is 2.44. The van der Waals surface area contributed by atoms with E-state index >= 15 is 0 Å². The van der Waals surface area contributed by atoms with Gasteiger partial charge in [-0.1, -0.05) is 0 Å². The molecule has 1 aromatic rings. The SMILES string of the molecule is COc1ccc(F)c(CN2CCC[C@@H](C(=O)O)C2)c1. The lowest BCUT2D eigenvalue weighted by Gasteiger charge is -2.30. The molecule has 1 atom stereocenters. The molecule has 104 valence electrons. The molecule has 1 saturated heterocycles. The van der Waals surface area contributed by atoms with Crippen LogP contribution in [-0.4, -0.2) is 36.2 Å². The average Bonchev–Trinajstić information content (AvgIpc) is 2.41. The zero-order valence-electron chi connectivity index (χ0n) is 10.9. The minimum Gasteiger partial charge on any atom is -0.497 e. The van der Waals surface area contributed by atoms with E-state index < -0.39 is 5.97 Å². The summed E-state index contributed by atoms with van der Waals surface area (Å²) < 4.78 is 18.8. The first-order valence-electron chi connectivity index (χ1n) is 6.37.